The molecule has 2 aromatic carbocycles. The fraction of sp³-hybridized carbons (Fsp3) is 0.250. The van der Waals surface area contributed by atoms with E-state index in [-0.39, 0.29) is 12.3 Å². The number of hydrogen-bond acceptors (Lipinski definition) is 5. The molecule has 0 radical (unpaired) electrons. The smallest absolute Gasteiger partial charge is 0.340 e. The zero-order chi connectivity index (χ0) is 22.8. The Morgan fingerprint density at radius 3 is 2.72 bits per heavy atom. The van der Waals surface area contributed by atoms with Gasteiger partial charge in [0, 0.05) is 35.1 Å². The van der Waals surface area contributed by atoms with Gasteiger partial charge in [0.1, 0.15) is 17.1 Å². The molecule has 0 unspecified atom stereocenters. The number of benzene rings is 2. The van der Waals surface area contributed by atoms with Gasteiger partial charge in [-0.05, 0) is 48.7 Å². The summed E-state index contributed by atoms with van der Waals surface area (Å²) in [7, 11) is 3.12. The number of halogens is 1. The lowest BCUT2D eigenvalue weighted by Gasteiger charge is -2.10. The number of aromatic amines is 1. The molecule has 1 amide bonds. The number of carbonyl (C=O) groups is 1. The first-order chi connectivity index (χ1) is 15.4. The van der Waals surface area contributed by atoms with Gasteiger partial charge >= 0.3 is 5.63 Å². The van der Waals surface area contributed by atoms with Crippen molar-refractivity contribution in [1.29, 1.82) is 0 Å². The van der Waals surface area contributed by atoms with E-state index in [2.05, 4.69) is 10.3 Å². The summed E-state index contributed by atoms with van der Waals surface area (Å²) in [5.41, 5.74) is 2.88. The zero-order valence-corrected chi connectivity index (χ0v) is 18.8. The number of methoxy groups -OCH3 is 2. The Kier molecular flexibility index (Phi) is 6.10. The molecule has 2 aromatic heterocycles. The van der Waals surface area contributed by atoms with E-state index < -0.39 is 5.63 Å². The van der Waals surface area contributed by atoms with E-state index >= 15 is 0 Å². The van der Waals surface area contributed by atoms with Crippen LogP contribution in [0, 0.1) is 6.92 Å². The van der Waals surface area contributed by atoms with Gasteiger partial charge in [-0.15, -0.1) is 0 Å². The van der Waals surface area contributed by atoms with Crippen LogP contribution in [-0.4, -0.2) is 31.7 Å². The minimum atomic E-state index is -0.543. The number of aromatic nitrogens is 1. The average Bonchev–Trinajstić information content (AvgIpc) is 3.19. The number of nitrogens with one attached hydrogen (secondary N) is 2. The van der Waals surface area contributed by atoms with E-state index in [9.17, 15) is 9.59 Å². The topological polar surface area (TPSA) is 93.6 Å². The number of amides is 1. The molecule has 0 fully saturated rings. The molecule has 2 N–H and O–H groups in total. The van der Waals surface area contributed by atoms with Crippen molar-refractivity contribution in [2.75, 3.05) is 20.8 Å². The zero-order valence-electron chi connectivity index (χ0n) is 18.0. The van der Waals surface area contributed by atoms with Crippen LogP contribution in [0.4, 0.5) is 0 Å². The molecule has 0 bridgehead atoms. The molecule has 0 aliphatic carbocycles. The van der Waals surface area contributed by atoms with Gasteiger partial charge in [-0.2, -0.15) is 0 Å². The Balaban J connectivity index is 1.47. The van der Waals surface area contributed by atoms with Gasteiger partial charge in [0.2, 0.25) is 5.91 Å². The minimum absolute atomic E-state index is 0.0739. The molecule has 4 rings (SSSR count). The normalized spacial score (nSPS) is 11.1. The number of carbonyl (C=O) groups excluding carboxylic acids is 1. The second-order valence-electron chi connectivity index (χ2n) is 7.48. The fourth-order valence-electron chi connectivity index (χ4n) is 3.80. The maximum absolute atomic E-state index is 12.5. The van der Waals surface area contributed by atoms with Crippen LogP contribution in [0.2, 0.25) is 5.02 Å². The molecule has 0 saturated heterocycles. The quantitative estimate of drug-likeness (QED) is 0.409. The Morgan fingerprint density at radius 1 is 1.16 bits per heavy atom. The highest BCUT2D eigenvalue weighted by atomic mass is 35.5. The van der Waals surface area contributed by atoms with Crippen LogP contribution in [0.25, 0.3) is 21.9 Å². The molecule has 8 heteroatoms. The molecule has 0 atom stereocenters. The van der Waals surface area contributed by atoms with Crippen LogP contribution in [0.1, 0.15) is 16.7 Å². The highest BCUT2D eigenvalue weighted by Crippen LogP contribution is 2.31. The van der Waals surface area contributed by atoms with Crippen molar-refractivity contribution in [2.24, 2.45) is 0 Å². The molecule has 32 heavy (non-hydrogen) atoms. The molecule has 166 valence electrons. The van der Waals surface area contributed by atoms with Gasteiger partial charge in [0.15, 0.2) is 0 Å². The first-order valence-electron chi connectivity index (χ1n) is 10.1. The van der Waals surface area contributed by atoms with Crippen LogP contribution in [0.3, 0.4) is 0 Å². The summed E-state index contributed by atoms with van der Waals surface area (Å²) in [6.45, 7) is 2.22. The van der Waals surface area contributed by atoms with Crippen molar-refractivity contribution >= 4 is 39.4 Å². The molecule has 0 aliphatic rings. The summed E-state index contributed by atoms with van der Waals surface area (Å²) in [5.74, 6) is 0.942. The first kappa shape index (κ1) is 21.8. The van der Waals surface area contributed by atoms with E-state index in [4.69, 9.17) is 25.5 Å². The third-order valence-corrected chi connectivity index (χ3v) is 5.88. The highest BCUT2D eigenvalue weighted by molar-refractivity contribution is 6.32. The van der Waals surface area contributed by atoms with Crippen molar-refractivity contribution in [1.82, 2.24) is 10.3 Å². The van der Waals surface area contributed by atoms with Crippen LogP contribution >= 0.6 is 11.6 Å². The summed E-state index contributed by atoms with van der Waals surface area (Å²) >= 11 is 6.22. The number of fused-ring (bicyclic) bond motifs is 2. The Bertz CT molecular complexity index is 1370. The number of H-pyrrole nitrogens is 1. The van der Waals surface area contributed by atoms with E-state index in [1.807, 2.05) is 24.4 Å². The van der Waals surface area contributed by atoms with Gasteiger partial charge in [0.25, 0.3) is 0 Å². The van der Waals surface area contributed by atoms with E-state index in [1.54, 1.807) is 26.2 Å². The summed E-state index contributed by atoms with van der Waals surface area (Å²) in [6.07, 6.45) is 2.49. The first-order valence-corrected chi connectivity index (χ1v) is 10.5. The SMILES string of the molecule is COc1ccc2[nH]cc(CCNC(=O)Cc3c(C)c4cc(Cl)c(OC)cc4oc3=O)c2c1. The fourth-order valence-corrected chi connectivity index (χ4v) is 4.04. The van der Waals surface area contributed by atoms with Crippen LogP contribution in [0.15, 0.2) is 45.7 Å². The number of aryl methyl sites for hydroxylation is 1. The van der Waals surface area contributed by atoms with Gasteiger partial charge in [-0.3, -0.25) is 4.79 Å². The lowest BCUT2D eigenvalue weighted by atomic mass is 10.0. The molecular formula is C24H23ClN2O5. The molecule has 0 spiro atoms. The molecule has 4 aromatic rings. The van der Waals surface area contributed by atoms with Gasteiger partial charge in [0.05, 0.1) is 31.2 Å². The molecule has 2 heterocycles. The maximum atomic E-state index is 12.5. The van der Waals surface area contributed by atoms with Crippen molar-refractivity contribution in [3.8, 4) is 11.5 Å². The third-order valence-electron chi connectivity index (χ3n) is 5.59. The lowest BCUT2D eigenvalue weighted by Crippen LogP contribution is -2.29. The summed E-state index contributed by atoms with van der Waals surface area (Å²) in [5, 5.41) is 5.01. The number of rotatable bonds is 7. The standard InChI is InChI=1S/C24H23ClN2O5/c1-13-16-9-19(25)22(31-3)11-21(16)32-24(29)17(13)10-23(28)26-7-6-14-12-27-20-5-4-15(30-2)8-18(14)20/h4-5,8-9,11-12,27H,6-7,10H2,1-3H3,(H,26,28). The molecular weight excluding hydrogens is 432 g/mol. The molecule has 0 saturated carbocycles. The lowest BCUT2D eigenvalue weighted by molar-refractivity contribution is -0.120. The Morgan fingerprint density at radius 2 is 1.97 bits per heavy atom. The Hall–Kier alpha value is -3.45. The van der Waals surface area contributed by atoms with Crippen molar-refractivity contribution < 1.29 is 18.7 Å². The summed E-state index contributed by atoms with van der Waals surface area (Å²) in [6, 6.07) is 9.07. The van der Waals surface area contributed by atoms with Crippen LogP contribution in [-0.2, 0) is 17.6 Å². The second kappa shape index (κ2) is 8.96. The third kappa shape index (κ3) is 4.16. The van der Waals surface area contributed by atoms with E-state index in [1.165, 1.54) is 7.11 Å². The molecule has 7 nitrogen and oxygen atoms in total. The monoisotopic (exact) mass is 454 g/mol. The van der Waals surface area contributed by atoms with Crippen molar-refractivity contribution in [3.05, 3.63) is 68.7 Å². The average molecular weight is 455 g/mol. The van der Waals surface area contributed by atoms with E-state index in [0.717, 1.165) is 22.2 Å². The van der Waals surface area contributed by atoms with Gasteiger partial charge < -0.3 is 24.2 Å². The van der Waals surface area contributed by atoms with Gasteiger partial charge in [-0.25, -0.2) is 4.79 Å². The van der Waals surface area contributed by atoms with Crippen molar-refractivity contribution in [2.45, 2.75) is 19.8 Å². The summed E-state index contributed by atoms with van der Waals surface area (Å²) < 4.78 is 15.9. The maximum Gasteiger partial charge on any atom is 0.340 e. The molecule has 0 aliphatic heterocycles. The highest BCUT2D eigenvalue weighted by Gasteiger charge is 2.17. The minimum Gasteiger partial charge on any atom is -0.497 e. The number of ether oxygens (including phenoxy) is 2. The van der Waals surface area contributed by atoms with Gasteiger partial charge in [-0.1, -0.05) is 11.6 Å². The van der Waals surface area contributed by atoms with E-state index in [0.29, 0.717) is 45.8 Å². The largest absolute Gasteiger partial charge is 0.497 e. The Labute approximate surface area is 189 Å². The summed E-state index contributed by atoms with van der Waals surface area (Å²) in [4.78, 5) is 28.3. The number of hydrogen-bond donors (Lipinski definition) is 2. The van der Waals surface area contributed by atoms with Crippen LogP contribution < -0.4 is 20.4 Å². The second-order valence-corrected chi connectivity index (χ2v) is 7.89. The van der Waals surface area contributed by atoms with Crippen molar-refractivity contribution in [3.63, 3.8) is 0 Å². The predicted molar refractivity (Wildman–Crippen MR) is 124 cm³/mol. The predicted octanol–water partition coefficient (Wildman–Crippen LogP) is 4.15. The van der Waals surface area contributed by atoms with Crippen LogP contribution in [0.5, 0.6) is 11.5 Å².